The highest BCUT2D eigenvalue weighted by atomic mass is 19.1. The molecule has 0 unspecified atom stereocenters. The van der Waals surface area contributed by atoms with Crippen LogP contribution in [0.4, 0.5) is 4.39 Å². The fourth-order valence-electron chi connectivity index (χ4n) is 1.56. The minimum atomic E-state index is -0.691. The Morgan fingerprint density at radius 3 is 2.79 bits per heavy atom. The van der Waals surface area contributed by atoms with E-state index in [-0.39, 0.29) is 17.9 Å². The fourth-order valence-corrected chi connectivity index (χ4v) is 1.56. The zero-order chi connectivity index (χ0) is 13.8. The van der Waals surface area contributed by atoms with Gasteiger partial charge in [-0.05, 0) is 36.8 Å². The number of pyridine rings is 1. The Kier molecular flexibility index (Phi) is 3.74. The van der Waals surface area contributed by atoms with E-state index < -0.39 is 5.82 Å². The molecule has 96 valence electrons. The molecule has 1 N–H and O–H groups in total. The Labute approximate surface area is 109 Å². The van der Waals surface area contributed by atoms with Gasteiger partial charge in [-0.3, -0.25) is 4.98 Å². The second-order valence-corrected chi connectivity index (χ2v) is 3.96. The van der Waals surface area contributed by atoms with Gasteiger partial charge >= 0.3 is 0 Å². The van der Waals surface area contributed by atoms with Crippen molar-refractivity contribution in [3.63, 3.8) is 0 Å². The van der Waals surface area contributed by atoms with E-state index in [9.17, 15) is 4.39 Å². The molecule has 1 aromatic carbocycles. The average molecular weight is 258 g/mol. The van der Waals surface area contributed by atoms with Gasteiger partial charge in [0.25, 0.3) is 0 Å². The molecule has 0 amide bonds. The van der Waals surface area contributed by atoms with Gasteiger partial charge in [0.1, 0.15) is 11.8 Å². The quantitative estimate of drug-likeness (QED) is 0.919. The monoisotopic (exact) mass is 258 g/mol. The van der Waals surface area contributed by atoms with Crippen molar-refractivity contribution >= 4 is 0 Å². The fraction of sp³-hybridized carbons (Fsp3) is 0.143. The van der Waals surface area contributed by atoms with Gasteiger partial charge < -0.3 is 9.84 Å². The smallest absolute Gasteiger partial charge is 0.180 e. The number of aromatic nitrogens is 1. The van der Waals surface area contributed by atoms with E-state index in [0.717, 1.165) is 11.8 Å². The first-order chi connectivity index (χ1) is 9.13. The van der Waals surface area contributed by atoms with Crippen LogP contribution in [0.5, 0.6) is 11.5 Å². The first-order valence-electron chi connectivity index (χ1n) is 5.58. The van der Waals surface area contributed by atoms with Crippen LogP contribution in [0.2, 0.25) is 0 Å². The van der Waals surface area contributed by atoms with Crippen molar-refractivity contribution in [3.05, 3.63) is 53.1 Å². The van der Waals surface area contributed by atoms with E-state index in [1.165, 1.54) is 12.3 Å². The minimum absolute atomic E-state index is 0.0321. The highest BCUT2D eigenvalue weighted by molar-refractivity contribution is 5.48. The summed E-state index contributed by atoms with van der Waals surface area (Å²) in [7, 11) is 0. The number of ether oxygens (including phenoxy) is 1. The van der Waals surface area contributed by atoms with E-state index in [1.54, 1.807) is 12.1 Å². The number of hydrogen-bond acceptors (Lipinski definition) is 4. The van der Waals surface area contributed by atoms with Crippen LogP contribution in [0.25, 0.3) is 0 Å². The summed E-state index contributed by atoms with van der Waals surface area (Å²) in [5.74, 6) is -0.508. The Bertz CT molecular complexity index is 633. The molecule has 1 heterocycles. The van der Waals surface area contributed by atoms with Gasteiger partial charge in [0.15, 0.2) is 11.6 Å². The van der Waals surface area contributed by atoms with Crippen molar-refractivity contribution in [3.8, 4) is 17.6 Å². The average Bonchev–Trinajstić information content (AvgIpc) is 2.43. The maximum Gasteiger partial charge on any atom is 0.180 e. The molecule has 0 aliphatic carbocycles. The number of nitrogens with zero attached hydrogens (tertiary/aromatic N) is 2. The van der Waals surface area contributed by atoms with E-state index in [0.29, 0.717) is 11.3 Å². The van der Waals surface area contributed by atoms with Gasteiger partial charge in [0, 0.05) is 5.69 Å². The molecular weight excluding hydrogens is 247 g/mol. The van der Waals surface area contributed by atoms with E-state index in [1.807, 2.05) is 13.0 Å². The summed E-state index contributed by atoms with van der Waals surface area (Å²) in [5.41, 5.74) is 1.16. The van der Waals surface area contributed by atoms with Gasteiger partial charge in [-0.15, -0.1) is 0 Å². The number of nitriles is 1. The van der Waals surface area contributed by atoms with Crippen LogP contribution in [-0.2, 0) is 6.61 Å². The highest BCUT2D eigenvalue weighted by Crippen LogP contribution is 2.29. The van der Waals surface area contributed by atoms with Crippen molar-refractivity contribution in [2.45, 2.75) is 13.5 Å². The molecule has 5 heteroatoms. The van der Waals surface area contributed by atoms with Crippen LogP contribution in [0.15, 0.2) is 30.5 Å². The molecule has 0 saturated carbocycles. The summed E-state index contributed by atoms with van der Waals surface area (Å²) in [6, 6.07) is 7.74. The van der Waals surface area contributed by atoms with Crippen molar-refractivity contribution in [2.75, 3.05) is 0 Å². The molecule has 0 atom stereocenters. The summed E-state index contributed by atoms with van der Waals surface area (Å²) in [4.78, 5) is 4.02. The highest BCUT2D eigenvalue weighted by Gasteiger charge is 2.13. The van der Waals surface area contributed by atoms with Gasteiger partial charge in [0.2, 0.25) is 0 Å². The van der Waals surface area contributed by atoms with E-state index >= 15 is 0 Å². The molecule has 4 nitrogen and oxygen atoms in total. The number of hydrogen-bond donors (Lipinski definition) is 1. The van der Waals surface area contributed by atoms with Gasteiger partial charge in [-0.1, -0.05) is 0 Å². The van der Waals surface area contributed by atoms with Gasteiger partial charge in [0.05, 0.1) is 18.4 Å². The Morgan fingerprint density at radius 2 is 2.21 bits per heavy atom. The summed E-state index contributed by atoms with van der Waals surface area (Å²) in [6.07, 6.45) is 1.45. The molecule has 0 radical (unpaired) electrons. The molecule has 1 aromatic heterocycles. The van der Waals surface area contributed by atoms with Crippen molar-refractivity contribution in [1.29, 1.82) is 5.26 Å². The lowest BCUT2D eigenvalue weighted by Crippen LogP contribution is -1.96. The Morgan fingerprint density at radius 1 is 1.42 bits per heavy atom. The van der Waals surface area contributed by atoms with Crippen LogP contribution in [0.3, 0.4) is 0 Å². The Hall–Kier alpha value is -2.45. The predicted molar refractivity (Wildman–Crippen MR) is 66.1 cm³/mol. The lowest BCUT2D eigenvalue weighted by molar-refractivity contribution is 0.281. The van der Waals surface area contributed by atoms with E-state index in [4.69, 9.17) is 15.1 Å². The lowest BCUT2D eigenvalue weighted by atomic mass is 10.1. The molecule has 0 spiro atoms. The molecule has 2 aromatic rings. The number of aliphatic hydroxyl groups is 1. The predicted octanol–water partition coefficient (Wildman–Crippen LogP) is 2.69. The zero-order valence-electron chi connectivity index (χ0n) is 10.2. The van der Waals surface area contributed by atoms with Crippen molar-refractivity contribution < 1.29 is 14.2 Å². The summed E-state index contributed by atoms with van der Waals surface area (Å²) >= 11 is 0. The molecule has 0 aliphatic rings. The minimum Gasteiger partial charge on any atom is -0.451 e. The standard InChI is InChI=1S/C14H11FN2O2/c1-9-2-3-12(7-17-9)19-14-11(6-16)4-10(8-18)5-13(14)15/h2-5,7,18H,8H2,1H3. The second kappa shape index (κ2) is 5.46. The third kappa shape index (κ3) is 2.87. The maximum absolute atomic E-state index is 13.8. The van der Waals surface area contributed by atoms with Crippen LogP contribution >= 0.6 is 0 Å². The normalized spacial score (nSPS) is 10.0. The van der Waals surface area contributed by atoms with Crippen molar-refractivity contribution in [2.24, 2.45) is 0 Å². The number of halogens is 1. The third-order valence-corrected chi connectivity index (χ3v) is 2.51. The van der Waals surface area contributed by atoms with E-state index in [2.05, 4.69) is 4.98 Å². The first kappa shape index (κ1) is 13.0. The first-order valence-corrected chi connectivity index (χ1v) is 5.58. The SMILES string of the molecule is Cc1ccc(Oc2c(F)cc(CO)cc2C#N)cn1. The summed E-state index contributed by atoms with van der Waals surface area (Å²) in [5, 5.41) is 18.0. The molecule has 0 fully saturated rings. The van der Waals surface area contributed by atoms with Crippen molar-refractivity contribution in [1.82, 2.24) is 4.98 Å². The molecule has 0 aliphatic heterocycles. The molecule has 0 bridgehead atoms. The Balaban J connectivity index is 2.39. The molecular formula is C14H11FN2O2. The largest absolute Gasteiger partial charge is 0.451 e. The number of aliphatic hydroxyl groups excluding tert-OH is 1. The zero-order valence-corrected chi connectivity index (χ0v) is 10.2. The summed E-state index contributed by atoms with van der Waals surface area (Å²) < 4.78 is 19.2. The van der Waals surface area contributed by atoms with Crippen LogP contribution < -0.4 is 4.74 Å². The molecule has 19 heavy (non-hydrogen) atoms. The molecule has 2 rings (SSSR count). The second-order valence-electron chi connectivity index (χ2n) is 3.96. The summed E-state index contributed by atoms with van der Waals surface area (Å²) in [6.45, 7) is 1.49. The number of rotatable bonds is 3. The topological polar surface area (TPSA) is 66.1 Å². The van der Waals surface area contributed by atoms with Gasteiger partial charge in [-0.25, -0.2) is 4.39 Å². The maximum atomic E-state index is 13.8. The van der Waals surface area contributed by atoms with Crippen LogP contribution in [0, 0.1) is 24.1 Å². The number of benzene rings is 1. The third-order valence-electron chi connectivity index (χ3n) is 2.51. The van der Waals surface area contributed by atoms with Crippen LogP contribution in [-0.4, -0.2) is 10.1 Å². The molecule has 0 saturated heterocycles. The van der Waals surface area contributed by atoms with Gasteiger partial charge in [-0.2, -0.15) is 5.26 Å². The lowest BCUT2D eigenvalue weighted by Gasteiger charge is -2.09. The van der Waals surface area contributed by atoms with Crippen LogP contribution in [0.1, 0.15) is 16.8 Å². The number of aryl methyl sites for hydroxylation is 1.